The molecular weight excluding hydrogens is 234 g/mol. The van der Waals surface area contributed by atoms with Crippen molar-refractivity contribution in [2.45, 2.75) is 77.3 Å². The van der Waals surface area contributed by atoms with Crippen LogP contribution >= 0.6 is 0 Å². The molecule has 0 aromatic heterocycles. The highest BCUT2D eigenvalue weighted by atomic mass is 15.1. The Morgan fingerprint density at radius 2 is 2.16 bits per heavy atom. The first kappa shape index (κ1) is 16.5. The third-order valence-corrected chi connectivity index (χ3v) is 4.86. The second-order valence-electron chi connectivity index (χ2n) is 6.18. The molecule has 0 saturated heterocycles. The van der Waals surface area contributed by atoms with Gasteiger partial charge in [0.1, 0.15) is 5.54 Å². The smallest absolute Gasteiger partial charge is 0.107 e. The van der Waals surface area contributed by atoms with Crippen molar-refractivity contribution < 1.29 is 0 Å². The van der Waals surface area contributed by atoms with E-state index in [1.54, 1.807) is 0 Å². The summed E-state index contributed by atoms with van der Waals surface area (Å²) in [6, 6.07) is 3.00. The summed E-state index contributed by atoms with van der Waals surface area (Å²) in [5, 5.41) is 9.27. The molecule has 1 aliphatic rings. The van der Waals surface area contributed by atoms with Crippen molar-refractivity contribution in [3.05, 3.63) is 0 Å². The van der Waals surface area contributed by atoms with Gasteiger partial charge in [-0.2, -0.15) is 5.26 Å². The van der Waals surface area contributed by atoms with Crippen molar-refractivity contribution in [2.75, 3.05) is 13.1 Å². The Balaban J connectivity index is 2.49. The van der Waals surface area contributed by atoms with Crippen molar-refractivity contribution in [3.63, 3.8) is 0 Å². The molecule has 3 unspecified atom stereocenters. The fourth-order valence-corrected chi connectivity index (χ4v) is 3.15. The van der Waals surface area contributed by atoms with Gasteiger partial charge in [0.2, 0.25) is 0 Å². The highest BCUT2D eigenvalue weighted by molar-refractivity contribution is 5.11. The van der Waals surface area contributed by atoms with E-state index >= 15 is 0 Å². The first-order valence-corrected chi connectivity index (χ1v) is 8.01. The molecule has 0 amide bonds. The topological polar surface area (TPSA) is 53.0 Å². The fourth-order valence-electron chi connectivity index (χ4n) is 3.15. The molecular formula is C16H31N3. The first-order chi connectivity index (χ1) is 9.07. The van der Waals surface area contributed by atoms with Gasteiger partial charge in [0.05, 0.1) is 6.07 Å². The van der Waals surface area contributed by atoms with Crippen LogP contribution < -0.4 is 5.73 Å². The second kappa shape index (κ2) is 7.87. The Hall–Kier alpha value is -0.590. The van der Waals surface area contributed by atoms with Crippen LogP contribution in [0.15, 0.2) is 0 Å². The van der Waals surface area contributed by atoms with Crippen LogP contribution in [0.1, 0.15) is 65.7 Å². The molecule has 0 bridgehead atoms. The zero-order chi connectivity index (χ0) is 14.3. The maximum absolute atomic E-state index is 9.27. The number of nitriles is 1. The van der Waals surface area contributed by atoms with Crippen LogP contribution in [0.4, 0.5) is 0 Å². The van der Waals surface area contributed by atoms with Gasteiger partial charge in [0.25, 0.3) is 0 Å². The van der Waals surface area contributed by atoms with E-state index in [-0.39, 0.29) is 0 Å². The maximum Gasteiger partial charge on any atom is 0.107 e. The molecule has 0 spiro atoms. The molecule has 1 aliphatic carbocycles. The quantitative estimate of drug-likeness (QED) is 0.732. The molecule has 2 N–H and O–H groups in total. The van der Waals surface area contributed by atoms with Crippen LogP contribution in [0.5, 0.6) is 0 Å². The van der Waals surface area contributed by atoms with Gasteiger partial charge in [-0.1, -0.05) is 26.7 Å². The van der Waals surface area contributed by atoms with Gasteiger partial charge in [-0.25, -0.2) is 0 Å². The predicted octanol–water partition coefficient (Wildman–Crippen LogP) is 3.30. The number of nitrogens with zero attached hydrogens (tertiary/aromatic N) is 2. The number of hydrogen-bond donors (Lipinski definition) is 1. The Morgan fingerprint density at radius 3 is 2.74 bits per heavy atom. The molecule has 1 saturated carbocycles. The average Bonchev–Trinajstić information content (AvgIpc) is 2.80. The van der Waals surface area contributed by atoms with Crippen LogP contribution in [0.25, 0.3) is 0 Å². The molecule has 0 aromatic carbocycles. The molecule has 19 heavy (non-hydrogen) atoms. The largest absolute Gasteiger partial charge is 0.313 e. The highest BCUT2D eigenvalue weighted by Crippen LogP contribution is 2.35. The second-order valence-corrected chi connectivity index (χ2v) is 6.18. The van der Waals surface area contributed by atoms with Gasteiger partial charge in [-0.3, -0.25) is 0 Å². The zero-order valence-electron chi connectivity index (χ0n) is 13.0. The molecule has 3 atom stereocenters. The van der Waals surface area contributed by atoms with Crippen molar-refractivity contribution in [1.29, 1.82) is 5.26 Å². The van der Waals surface area contributed by atoms with Gasteiger partial charge in [0, 0.05) is 6.04 Å². The molecule has 1 rings (SSSR count). The van der Waals surface area contributed by atoms with Crippen molar-refractivity contribution in [1.82, 2.24) is 4.90 Å². The fraction of sp³-hybridized carbons (Fsp3) is 0.938. The standard InChI is InChI=1S/C16H31N3/c1-4-6-11-19(14(3)5-2)12-9-15-8-7-10-16(15,18)13-17/h14-15H,4-12,18H2,1-3H3. The molecule has 0 heterocycles. The monoisotopic (exact) mass is 265 g/mol. The Bertz CT molecular complexity index is 297. The number of unbranched alkanes of at least 4 members (excludes halogenated alkanes) is 1. The van der Waals surface area contributed by atoms with Crippen LogP contribution in [0, 0.1) is 17.2 Å². The summed E-state index contributed by atoms with van der Waals surface area (Å²) in [6.45, 7) is 9.08. The average molecular weight is 265 g/mol. The van der Waals surface area contributed by atoms with Gasteiger partial charge in [-0.15, -0.1) is 0 Å². The molecule has 0 radical (unpaired) electrons. The van der Waals surface area contributed by atoms with Gasteiger partial charge in [0.15, 0.2) is 0 Å². The third kappa shape index (κ3) is 4.47. The summed E-state index contributed by atoms with van der Waals surface area (Å²) in [5.41, 5.74) is 5.67. The van der Waals surface area contributed by atoms with Crippen molar-refractivity contribution >= 4 is 0 Å². The Morgan fingerprint density at radius 1 is 1.42 bits per heavy atom. The summed E-state index contributed by atoms with van der Waals surface area (Å²) < 4.78 is 0. The first-order valence-electron chi connectivity index (χ1n) is 8.01. The summed E-state index contributed by atoms with van der Waals surface area (Å²) in [5.74, 6) is 0.394. The molecule has 3 nitrogen and oxygen atoms in total. The van der Waals surface area contributed by atoms with E-state index in [9.17, 15) is 5.26 Å². The Kier molecular flexibility index (Phi) is 6.82. The summed E-state index contributed by atoms with van der Waals surface area (Å²) >= 11 is 0. The normalized spacial score (nSPS) is 28.5. The summed E-state index contributed by atoms with van der Waals surface area (Å²) in [7, 11) is 0. The van der Waals surface area contributed by atoms with Crippen molar-refractivity contribution in [3.8, 4) is 6.07 Å². The number of nitrogens with two attached hydrogens (primary N) is 1. The SMILES string of the molecule is CCCCN(CCC1CCCC1(N)C#N)C(C)CC. The molecule has 1 fully saturated rings. The predicted molar refractivity (Wildman–Crippen MR) is 80.7 cm³/mol. The van der Waals surface area contributed by atoms with E-state index in [2.05, 4.69) is 31.7 Å². The molecule has 110 valence electrons. The number of hydrogen-bond acceptors (Lipinski definition) is 3. The minimum atomic E-state index is -0.550. The summed E-state index contributed by atoms with van der Waals surface area (Å²) in [4.78, 5) is 2.58. The van der Waals surface area contributed by atoms with Crippen LogP contribution in [-0.4, -0.2) is 29.6 Å². The molecule has 3 heteroatoms. The minimum Gasteiger partial charge on any atom is -0.313 e. The summed E-state index contributed by atoms with van der Waals surface area (Å²) in [6.07, 6.45) is 7.92. The van der Waals surface area contributed by atoms with E-state index in [4.69, 9.17) is 5.73 Å². The van der Waals surface area contributed by atoms with Gasteiger partial charge < -0.3 is 10.6 Å². The molecule has 0 aromatic rings. The third-order valence-electron chi connectivity index (χ3n) is 4.86. The van der Waals surface area contributed by atoms with Gasteiger partial charge in [-0.05, 0) is 58.0 Å². The van der Waals surface area contributed by atoms with E-state index in [1.807, 2.05) is 0 Å². The highest BCUT2D eigenvalue weighted by Gasteiger charge is 2.39. The lowest BCUT2D eigenvalue weighted by molar-refractivity contribution is 0.180. The maximum atomic E-state index is 9.27. The van der Waals surface area contributed by atoms with Crippen LogP contribution in [0.3, 0.4) is 0 Å². The van der Waals surface area contributed by atoms with E-state index in [0.29, 0.717) is 12.0 Å². The van der Waals surface area contributed by atoms with E-state index in [0.717, 1.165) is 32.2 Å². The lowest BCUT2D eigenvalue weighted by Gasteiger charge is -2.31. The lowest BCUT2D eigenvalue weighted by atomic mass is 9.87. The Labute approximate surface area is 119 Å². The number of rotatable bonds is 8. The van der Waals surface area contributed by atoms with Crippen LogP contribution in [-0.2, 0) is 0 Å². The van der Waals surface area contributed by atoms with E-state index < -0.39 is 5.54 Å². The van der Waals surface area contributed by atoms with Gasteiger partial charge >= 0.3 is 0 Å². The van der Waals surface area contributed by atoms with Crippen molar-refractivity contribution in [2.24, 2.45) is 11.7 Å². The zero-order valence-corrected chi connectivity index (χ0v) is 13.0. The molecule has 0 aliphatic heterocycles. The minimum absolute atomic E-state index is 0.394. The van der Waals surface area contributed by atoms with E-state index in [1.165, 1.54) is 25.8 Å². The lowest BCUT2D eigenvalue weighted by Crippen LogP contribution is -2.44. The van der Waals surface area contributed by atoms with Crippen LogP contribution in [0.2, 0.25) is 0 Å².